The largest absolute Gasteiger partial charge is 0.462 e. The number of anilines is 1. The Morgan fingerprint density at radius 1 is 1.10 bits per heavy atom. The van der Waals surface area contributed by atoms with E-state index in [2.05, 4.69) is 10.3 Å². The highest BCUT2D eigenvalue weighted by Crippen LogP contribution is 2.37. The predicted octanol–water partition coefficient (Wildman–Crippen LogP) is 3.57. The quantitative estimate of drug-likeness (QED) is 0.469. The molecule has 1 aliphatic heterocycles. The maximum absolute atomic E-state index is 12.5. The van der Waals surface area contributed by atoms with Crippen LogP contribution < -0.4 is 4.90 Å². The lowest BCUT2D eigenvalue weighted by Gasteiger charge is -2.28. The summed E-state index contributed by atoms with van der Waals surface area (Å²) in [5, 5.41) is 8.51. The Labute approximate surface area is 180 Å². The number of ether oxygens (including phenoxy) is 1. The molecule has 0 saturated heterocycles. The zero-order chi connectivity index (χ0) is 22.0. The molecule has 2 aromatic carbocycles. The van der Waals surface area contributed by atoms with Crippen LogP contribution in [0.4, 0.5) is 5.69 Å². The van der Waals surface area contributed by atoms with Gasteiger partial charge in [-0.1, -0.05) is 34.5 Å². The van der Waals surface area contributed by atoms with Crippen LogP contribution in [0.15, 0.2) is 60.4 Å². The highest BCUT2D eigenvalue weighted by atomic mass is 16.5. The number of esters is 1. The van der Waals surface area contributed by atoms with Crippen LogP contribution in [0.1, 0.15) is 29.3 Å². The van der Waals surface area contributed by atoms with E-state index in [0.717, 1.165) is 16.9 Å². The summed E-state index contributed by atoms with van der Waals surface area (Å²) in [7, 11) is 0. The highest BCUT2D eigenvalue weighted by molar-refractivity contribution is 6.16. The number of hydrogen-bond donors (Lipinski definition) is 0. The fourth-order valence-corrected chi connectivity index (χ4v) is 3.51. The number of hydrogen-bond acceptors (Lipinski definition) is 6. The first-order valence-corrected chi connectivity index (χ1v) is 10.0. The van der Waals surface area contributed by atoms with Crippen molar-refractivity contribution in [2.45, 2.75) is 27.3 Å². The summed E-state index contributed by atoms with van der Waals surface area (Å²) in [5.41, 5.74) is 5.59. The van der Waals surface area contributed by atoms with E-state index in [1.54, 1.807) is 17.8 Å². The fraction of sp³-hybridized carbons (Fsp3) is 0.208. The summed E-state index contributed by atoms with van der Waals surface area (Å²) in [6.45, 7) is 6.28. The van der Waals surface area contributed by atoms with Gasteiger partial charge >= 0.3 is 5.97 Å². The number of aryl methyl sites for hydroxylation is 2. The van der Waals surface area contributed by atoms with Gasteiger partial charge in [0.1, 0.15) is 11.6 Å². The van der Waals surface area contributed by atoms with E-state index >= 15 is 0 Å². The molecule has 3 aromatic rings. The van der Waals surface area contributed by atoms with Crippen LogP contribution in [0.25, 0.3) is 11.3 Å². The van der Waals surface area contributed by atoms with E-state index in [1.807, 2.05) is 73.4 Å². The maximum Gasteiger partial charge on any atom is 0.341 e. The third-order valence-electron chi connectivity index (χ3n) is 5.05. The monoisotopic (exact) mass is 414 g/mol. The molecule has 31 heavy (non-hydrogen) atoms. The molecule has 0 unspecified atom stereocenters. The van der Waals surface area contributed by atoms with Crippen LogP contribution in [0.3, 0.4) is 0 Å². The molecular formula is C24H22N4O3. The molecule has 0 spiro atoms. The predicted molar refractivity (Wildman–Crippen MR) is 117 cm³/mol. The van der Waals surface area contributed by atoms with Crippen LogP contribution >= 0.6 is 0 Å². The number of fused-ring (bicyclic) bond motifs is 1. The van der Waals surface area contributed by atoms with Crippen molar-refractivity contribution in [2.75, 3.05) is 11.5 Å². The minimum atomic E-state index is -0.554. The van der Waals surface area contributed by atoms with Crippen molar-refractivity contribution in [3.63, 3.8) is 0 Å². The molecule has 0 saturated carbocycles. The van der Waals surface area contributed by atoms with Gasteiger partial charge in [-0.25, -0.2) is 14.3 Å². The van der Waals surface area contributed by atoms with Gasteiger partial charge in [0.2, 0.25) is 0 Å². The molecule has 0 bridgehead atoms. The van der Waals surface area contributed by atoms with E-state index in [0.29, 0.717) is 17.8 Å². The first-order valence-electron chi connectivity index (χ1n) is 10.0. The molecule has 0 atom stereocenters. The lowest BCUT2D eigenvalue weighted by molar-refractivity contribution is -0.138. The van der Waals surface area contributed by atoms with E-state index in [1.165, 1.54) is 5.56 Å². The summed E-state index contributed by atoms with van der Waals surface area (Å²) in [4.78, 5) is 26.2. The highest BCUT2D eigenvalue weighted by Gasteiger charge is 2.29. The summed E-state index contributed by atoms with van der Waals surface area (Å²) in [6.07, 6.45) is 3.47. The van der Waals surface area contributed by atoms with Crippen LogP contribution in [-0.2, 0) is 20.9 Å². The topological polar surface area (TPSA) is 77.3 Å². The number of aromatic nitrogens is 3. The Hall–Kier alpha value is -3.96. The van der Waals surface area contributed by atoms with Crippen LogP contribution in [-0.4, -0.2) is 33.5 Å². The van der Waals surface area contributed by atoms with Crippen molar-refractivity contribution in [3.8, 4) is 5.69 Å². The molecule has 0 aliphatic carbocycles. The SMILES string of the molecule is CCOC(=O)C1=CN(Cc2cn(-c3ccc(C)cc3)nn2)c2ccc(C)cc2C1=C=O. The summed E-state index contributed by atoms with van der Waals surface area (Å²) in [6, 6.07) is 13.7. The van der Waals surface area contributed by atoms with Crippen LogP contribution in [0, 0.1) is 13.8 Å². The number of nitrogens with zero attached hydrogens (tertiary/aromatic N) is 4. The second kappa shape index (κ2) is 8.42. The van der Waals surface area contributed by atoms with Gasteiger partial charge in [-0.05, 0) is 45.0 Å². The van der Waals surface area contributed by atoms with Crippen molar-refractivity contribution in [1.29, 1.82) is 0 Å². The van der Waals surface area contributed by atoms with Crippen LogP contribution in [0.2, 0.25) is 0 Å². The molecule has 1 aromatic heterocycles. The van der Waals surface area contributed by atoms with Gasteiger partial charge in [-0.15, -0.1) is 5.10 Å². The van der Waals surface area contributed by atoms with E-state index in [9.17, 15) is 9.59 Å². The van der Waals surface area contributed by atoms with Gasteiger partial charge in [0.25, 0.3) is 0 Å². The smallest absolute Gasteiger partial charge is 0.341 e. The van der Waals surface area contributed by atoms with Gasteiger partial charge in [0, 0.05) is 17.5 Å². The third kappa shape index (κ3) is 4.04. The van der Waals surface area contributed by atoms with Gasteiger partial charge < -0.3 is 9.64 Å². The molecule has 7 nitrogen and oxygen atoms in total. The van der Waals surface area contributed by atoms with Gasteiger partial charge in [-0.2, -0.15) is 0 Å². The number of benzene rings is 2. The third-order valence-corrected chi connectivity index (χ3v) is 5.05. The van der Waals surface area contributed by atoms with Crippen molar-refractivity contribution in [1.82, 2.24) is 15.0 Å². The van der Waals surface area contributed by atoms with E-state index in [4.69, 9.17) is 4.74 Å². The zero-order valence-electron chi connectivity index (χ0n) is 17.6. The number of carbonyl (C=O) groups excluding carboxylic acids is 2. The first-order chi connectivity index (χ1) is 15.0. The Morgan fingerprint density at radius 3 is 2.55 bits per heavy atom. The molecule has 0 N–H and O–H groups in total. The summed E-state index contributed by atoms with van der Waals surface area (Å²) in [5.74, 6) is 1.38. The standard InChI is InChI=1S/C24H22N4O3/c1-4-31-24(30)21-14-27(23-10-7-17(3)11-20(23)22(21)15-29)12-18-13-28(26-25-18)19-8-5-16(2)6-9-19/h5-11,13-14H,4,12H2,1-3H3. The molecule has 0 radical (unpaired) electrons. The Bertz CT molecular complexity index is 1220. The molecule has 0 amide bonds. The minimum Gasteiger partial charge on any atom is -0.462 e. The van der Waals surface area contributed by atoms with Crippen molar-refractivity contribution in [2.24, 2.45) is 0 Å². The number of carbonyl (C=O) groups is 1. The molecule has 4 rings (SSSR count). The lowest BCUT2D eigenvalue weighted by atomic mass is 9.93. The van der Waals surface area contributed by atoms with Gasteiger partial charge in [0.05, 0.1) is 36.2 Å². The van der Waals surface area contributed by atoms with Crippen molar-refractivity contribution in [3.05, 3.63) is 82.8 Å². The Kier molecular flexibility index (Phi) is 5.52. The molecule has 7 heteroatoms. The van der Waals surface area contributed by atoms with Crippen molar-refractivity contribution < 1.29 is 14.3 Å². The summed E-state index contributed by atoms with van der Waals surface area (Å²) < 4.78 is 6.87. The average molecular weight is 414 g/mol. The van der Waals surface area contributed by atoms with Crippen LogP contribution in [0.5, 0.6) is 0 Å². The zero-order valence-corrected chi connectivity index (χ0v) is 17.6. The molecule has 0 fully saturated rings. The lowest BCUT2D eigenvalue weighted by Crippen LogP contribution is -2.25. The molecule has 1 aliphatic rings. The molecule has 156 valence electrons. The van der Waals surface area contributed by atoms with Crippen molar-refractivity contribution >= 4 is 23.2 Å². The maximum atomic E-state index is 12.5. The van der Waals surface area contributed by atoms with E-state index in [-0.39, 0.29) is 17.8 Å². The average Bonchev–Trinajstić information content (AvgIpc) is 3.22. The second-order valence-electron chi connectivity index (χ2n) is 7.38. The first kappa shape index (κ1) is 20.3. The number of rotatable bonds is 5. The van der Waals surface area contributed by atoms with E-state index < -0.39 is 5.97 Å². The molecule has 2 heterocycles. The fourth-order valence-electron chi connectivity index (χ4n) is 3.51. The second-order valence-corrected chi connectivity index (χ2v) is 7.38. The summed E-state index contributed by atoms with van der Waals surface area (Å²) >= 11 is 0. The van der Waals surface area contributed by atoms with Gasteiger partial charge in [0.15, 0.2) is 0 Å². The Morgan fingerprint density at radius 2 is 1.84 bits per heavy atom. The van der Waals surface area contributed by atoms with Gasteiger partial charge in [-0.3, -0.25) is 0 Å². The Balaban J connectivity index is 1.71. The molecular weight excluding hydrogens is 392 g/mol. The minimum absolute atomic E-state index is 0.181. The normalized spacial score (nSPS) is 12.8.